The van der Waals surface area contributed by atoms with Crippen molar-refractivity contribution in [3.05, 3.63) is 114 Å². The molecule has 5 rings (SSSR count). The quantitative estimate of drug-likeness (QED) is 0.367. The van der Waals surface area contributed by atoms with E-state index in [1.807, 2.05) is 54.6 Å². The molecule has 0 aromatic heterocycles. The first kappa shape index (κ1) is 26.1. The van der Waals surface area contributed by atoms with Gasteiger partial charge in [-0.15, -0.1) is 0 Å². The first-order valence-electron chi connectivity index (χ1n) is 12.1. The fourth-order valence-electron chi connectivity index (χ4n) is 4.84. The van der Waals surface area contributed by atoms with Crippen molar-refractivity contribution >= 4 is 25.5 Å². The molecule has 38 heavy (non-hydrogen) atoms. The Kier molecular flexibility index (Phi) is 7.11. The van der Waals surface area contributed by atoms with E-state index in [0.29, 0.717) is 11.1 Å². The summed E-state index contributed by atoms with van der Waals surface area (Å²) in [7, 11) is -7.25. The molecule has 4 aromatic rings. The van der Waals surface area contributed by atoms with E-state index >= 15 is 0 Å². The molecular formula is C29H28N2O5S2. The minimum Gasteiger partial charge on any atom is -0.392 e. The highest BCUT2D eigenvalue weighted by molar-refractivity contribution is 7.90. The van der Waals surface area contributed by atoms with E-state index in [0.717, 1.165) is 23.1 Å². The van der Waals surface area contributed by atoms with Crippen molar-refractivity contribution < 1.29 is 21.9 Å². The normalized spacial score (nSPS) is 16.6. The molecule has 0 saturated carbocycles. The molecule has 1 fully saturated rings. The first-order valence-corrected chi connectivity index (χ1v) is 15.4. The van der Waals surface area contributed by atoms with Crippen LogP contribution in [0.3, 0.4) is 0 Å². The zero-order valence-electron chi connectivity index (χ0n) is 20.8. The van der Waals surface area contributed by atoms with Crippen LogP contribution in [0.1, 0.15) is 17.2 Å². The summed E-state index contributed by atoms with van der Waals surface area (Å²) in [5, 5.41) is 9.62. The molecular weight excluding hydrogens is 520 g/mol. The number of nitrogens with zero attached hydrogens (tertiary/aromatic N) is 2. The number of hydrogen-bond acceptors (Lipinski definition) is 6. The van der Waals surface area contributed by atoms with Gasteiger partial charge in [0.05, 0.1) is 29.1 Å². The van der Waals surface area contributed by atoms with Gasteiger partial charge in [-0.05, 0) is 58.7 Å². The van der Waals surface area contributed by atoms with Gasteiger partial charge in [0.1, 0.15) is 0 Å². The third-order valence-electron chi connectivity index (χ3n) is 6.77. The van der Waals surface area contributed by atoms with Gasteiger partial charge in [0, 0.05) is 18.5 Å². The lowest BCUT2D eigenvalue weighted by Crippen LogP contribution is -2.31. The number of aliphatic hydroxyl groups excluding tert-OH is 1. The Labute approximate surface area is 223 Å². The van der Waals surface area contributed by atoms with Crippen molar-refractivity contribution in [2.24, 2.45) is 0 Å². The SMILES string of the molecule is CS(=O)(=O)c1cc(-c2cccc(C3CN(S(=O)(=O)c4ccccc4)CN3c3ccccc3)c2)ccc1CO. The Morgan fingerprint density at radius 3 is 2.11 bits per heavy atom. The third-order valence-corrected chi connectivity index (χ3v) is 9.76. The molecule has 1 N–H and O–H groups in total. The molecule has 1 saturated heterocycles. The fraction of sp³-hybridized carbons (Fsp3) is 0.172. The summed E-state index contributed by atoms with van der Waals surface area (Å²) in [6.45, 7) is 0.0791. The molecule has 1 heterocycles. The van der Waals surface area contributed by atoms with E-state index in [1.54, 1.807) is 48.5 Å². The first-order chi connectivity index (χ1) is 18.2. The third kappa shape index (κ3) is 5.10. The Morgan fingerprint density at radius 2 is 1.45 bits per heavy atom. The molecule has 0 bridgehead atoms. The van der Waals surface area contributed by atoms with Crippen LogP contribution in [0.4, 0.5) is 5.69 Å². The summed E-state index contributed by atoms with van der Waals surface area (Å²) in [4.78, 5) is 2.41. The minimum absolute atomic E-state index is 0.0924. The number of benzene rings is 4. The van der Waals surface area contributed by atoms with E-state index in [2.05, 4.69) is 4.90 Å². The number of sulfone groups is 1. The van der Waals surface area contributed by atoms with Gasteiger partial charge in [-0.3, -0.25) is 0 Å². The van der Waals surface area contributed by atoms with E-state index in [4.69, 9.17) is 0 Å². The lowest BCUT2D eigenvalue weighted by molar-refractivity contribution is 0.278. The minimum atomic E-state index is -3.71. The summed E-state index contributed by atoms with van der Waals surface area (Å²) < 4.78 is 53.1. The molecule has 1 unspecified atom stereocenters. The van der Waals surface area contributed by atoms with Gasteiger partial charge in [0.15, 0.2) is 9.84 Å². The van der Waals surface area contributed by atoms with Crippen molar-refractivity contribution in [2.45, 2.75) is 22.4 Å². The topological polar surface area (TPSA) is 95.0 Å². The molecule has 4 aromatic carbocycles. The zero-order chi connectivity index (χ0) is 26.9. The van der Waals surface area contributed by atoms with Gasteiger partial charge in [-0.25, -0.2) is 16.8 Å². The Hall–Kier alpha value is -3.50. The highest BCUT2D eigenvalue weighted by Gasteiger charge is 2.38. The maximum Gasteiger partial charge on any atom is 0.244 e. The van der Waals surface area contributed by atoms with E-state index < -0.39 is 19.9 Å². The smallest absolute Gasteiger partial charge is 0.244 e. The van der Waals surface area contributed by atoms with Gasteiger partial charge >= 0.3 is 0 Å². The molecule has 1 aliphatic rings. The van der Waals surface area contributed by atoms with Gasteiger partial charge in [0.2, 0.25) is 10.0 Å². The standard InChI is InChI=1S/C29H28N2O5S2/c1-37(33,34)29-18-23(15-16-25(29)20-32)22-9-8-10-24(17-22)28-19-30(21-31(28)26-11-4-2-5-12-26)38(35,36)27-13-6-3-7-14-27/h2-18,28,32H,19-21H2,1H3. The molecule has 1 aliphatic heterocycles. The van der Waals surface area contributed by atoms with Crippen LogP contribution < -0.4 is 4.90 Å². The van der Waals surface area contributed by atoms with Crippen molar-refractivity contribution in [2.75, 3.05) is 24.4 Å². The lowest BCUT2D eigenvalue weighted by atomic mass is 9.98. The second-order valence-electron chi connectivity index (χ2n) is 9.29. The fourth-order valence-corrected chi connectivity index (χ4v) is 7.20. The van der Waals surface area contributed by atoms with E-state index in [-0.39, 0.29) is 35.7 Å². The number of hydrogen-bond donors (Lipinski definition) is 1. The van der Waals surface area contributed by atoms with Crippen LogP contribution in [0.2, 0.25) is 0 Å². The summed E-state index contributed by atoms with van der Waals surface area (Å²) in [6.07, 6.45) is 1.12. The average Bonchev–Trinajstić information content (AvgIpc) is 3.40. The van der Waals surface area contributed by atoms with E-state index in [9.17, 15) is 21.9 Å². The largest absolute Gasteiger partial charge is 0.392 e. The van der Waals surface area contributed by atoms with Crippen LogP contribution in [-0.4, -0.2) is 45.7 Å². The number of para-hydroxylation sites is 1. The summed E-state index contributed by atoms with van der Waals surface area (Å²) in [6, 6.07) is 30.5. The number of anilines is 1. The van der Waals surface area contributed by atoms with Crippen LogP contribution in [0.5, 0.6) is 0 Å². The molecule has 1 atom stereocenters. The zero-order valence-corrected chi connectivity index (χ0v) is 22.4. The van der Waals surface area contributed by atoms with E-state index in [1.165, 1.54) is 4.31 Å². The highest BCUT2D eigenvalue weighted by Crippen LogP contribution is 2.37. The number of aliphatic hydroxyl groups is 1. The predicted molar refractivity (Wildman–Crippen MR) is 148 cm³/mol. The van der Waals surface area contributed by atoms with Gasteiger partial charge < -0.3 is 10.0 Å². The monoisotopic (exact) mass is 548 g/mol. The highest BCUT2D eigenvalue weighted by atomic mass is 32.2. The molecule has 196 valence electrons. The maximum atomic E-state index is 13.5. The number of rotatable bonds is 7. The van der Waals surface area contributed by atoms with Crippen LogP contribution >= 0.6 is 0 Å². The molecule has 0 spiro atoms. The summed E-state index contributed by atoms with van der Waals surface area (Å²) >= 11 is 0. The van der Waals surface area contributed by atoms with Crippen molar-refractivity contribution in [3.63, 3.8) is 0 Å². The summed E-state index contributed by atoms with van der Waals surface area (Å²) in [5.74, 6) is 0. The van der Waals surface area contributed by atoms with Gasteiger partial charge in [0.25, 0.3) is 0 Å². The predicted octanol–water partition coefficient (Wildman–Crippen LogP) is 4.46. The van der Waals surface area contributed by atoms with Gasteiger partial charge in [-0.1, -0.05) is 66.7 Å². The van der Waals surface area contributed by atoms with Crippen LogP contribution in [-0.2, 0) is 26.5 Å². The Balaban J connectivity index is 1.55. The van der Waals surface area contributed by atoms with Crippen molar-refractivity contribution in [3.8, 4) is 11.1 Å². The van der Waals surface area contributed by atoms with Crippen molar-refractivity contribution in [1.82, 2.24) is 4.31 Å². The molecule has 0 aliphatic carbocycles. The molecule has 7 nitrogen and oxygen atoms in total. The van der Waals surface area contributed by atoms with Crippen LogP contribution in [0.25, 0.3) is 11.1 Å². The summed E-state index contributed by atoms with van der Waals surface area (Å²) in [5.41, 5.74) is 3.65. The lowest BCUT2D eigenvalue weighted by Gasteiger charge is -2.26. The Morgan fingerprint density at radius 1 is 0.789 bits per heavy atom. The van der Waals surface area contributed by atoms with Crippen LogP contribution in [0, 0.1) is 0 Å². The second kappa shape index (κ2) is 10.3. The van der Waals surface area contributed by atoms with Crippen molar-refractivity contribution in [1.29, 1.82) is 0 Å². The average molecular weight is 549 g/mol. The molecule has 0 amide bonds. The second-order valence-corrected chi connectivity index (χ2v) is 13.2. The maximum absolute atomic E-state index is 13.5. The Bertz CT molecular complexity index is 1660. The molecule has 9 heteroatoms. The van der Waals surface area contributed by atoms with Crippen LogP contribution in [0.15, 0.2) is 113 Å². The van der Waals surface area contributed by atoms with Gasteiger partial charge in [-0.2, -0.15) is 4.31 Å². The molecule has 0 radical (unpaired) electrons. The number of sulfonamides is 1.